The summed E-state index contributed by atoms with van der Waals surface area (Å²) in [6, 6.07) is 17.6. The highest BCUT2D eigenvalue weighted by molar-refractivity contribution is 7.92. The fourth-order valence-corrected chi connectivity index (χ4v) is 5.07. The van der Waals surface area contributed by atoms with E-state index in [-0.39, 0.29) is 4.90 Å². The van der Waals surface area contributed by atoms with E-state index < -0.39 is 16.1 Å². The molecule has 0 amide bonds. The normalized spacial score (nSPS) is 12.2. The molecular formula is C23H24ClNO5S. The van der Waals surface area contributed by atoms with Crippen LogP contribution in [0.2, 0.25) is 5.02 Å². The topological polar surface area (TPSA) is 65.1 Å². The Balaban J connectivity index is 2.18. The first-order valence-electron chi connectivity index (χ1n) is 9.47. The summed E-state index contributed by atoms with van der Waals surface area (Å²) >= 11 is 6.05. The predicted molar refractivity (Wildman–Crippen MR) is 122 cm³/mol. The molecule has 6 nitrogen and oxygen atoms in total. The Labute approximate surface area is 188 Å². The summed E-state index contributed by atoms with van der Waals surface area (Å²) in [6.45, 7) is 1.80. The van der Waals surface area contributed by atoms with Gasteiger partial charge in [0, 0.05) is 10.6 Å². The molecule has 0 saturated heterocycles. The fourth-order valence-electron chi connectivity index (χ4n) is 3.31. The summed E-state index contributed by atoms with van der Waals surface area (Å²) in [4.78, 5) is 0.136. The smallest absolute Gasteiger partial charge is 0.264 e. The fraction of sp³-hybridized carbons (Fsp3) is 0.217. The van der Waals surface area contributed by atoms with Gasteiger partial charge in [-0.2, -0.15) is 0 Å². The van der Waals surface area contributed by atoms with Gasteiger partial charge in [-0.1, -0.05) is 11.6 Å². The molecule has 0 spiro atoms. The lowest BCUT2D eigenvalue weighted by Crippen LogP contribution is -2.34. The summed E-state index contributed by atoms with van der Waals surface area (Å²) in [5, 5.41) is 0.511. The summed E-state index contributed by atoms with van der Waals surface area (Å²) in [7, 11) is 0.684. The van der Waals surface area contributed by atoms with Crippen LogP contribution in [0, 0.1) is 0 Å². The largest absolute Gasteiger partial charge is 0.497 e. The molecule has 3 aromatic carbocycles. The zero-order valence-corrected chi connectivity index (χ0v) is 19.3. The summed E-state index contributed by atoms with van der Waals surface area (Å²) in [6.07, 6.45) is 0. The number of rotatable bonds is 8. The lowest BCUT2D eigenvalue weighted by molar-refractivity contribution is 0.396. The molecule has 164 valence electrons. The molecule has 0 heterocycles. The summed E-state index contributed by atoms with van der Waals surface area (Å²) < 4.78 is 44.9. The maximum absolute atomic E-state index is 13.8. The van der Waals surface area contributed by atoms with E-state index in [0.29, 0.717) is 33.5 Å². The first kappa shape index (κ1) is 22.8. The van der Waals surface area contributed by atoms with E-state index in [9.17, 15) is 8.42 Å². The first-order chi connectivity index (χ1) is 14.8. The van der Waals surface area contributed by atoms with E-state index in [0.717, 1.165) is 0 Å². The average Bonchev–Trinajstić information content (AvgIpc) is 2.79. The molecule has 3 rings (SSSR count). The lowest BCUT2D eigenvalue weighted by atomic mass is 10.1. The quantitative estimate of drug-likeness (QED) is 0.454. The standard InChI is InChI=1S/C23H24ClNO5S/c1-16(22-15-20(29-3)11-14-23(22)30-4)25(18-7-5-17(24)6-8-18)31(26,27)21-12-9-19(28-2)10-13-21/h5-16H,1-4H3/t16-/m0/s1. The Hall–Kier alpha value is -2.90. The van der Waals surface area contributed by atoms with Crippen molar-refractivity contribution in [1.29, 1.82) is 0 Å². The van der Waals surface area contributed by atoms with Crippen LogP contribution in [0.25, 0.3) is 0 Å². The van der Waals surface area contributed by atoms with Gasteiger partial charge in [0.1, 0.15) is 17.2 Å². The molecule has 1 atom stereocenters. The lowest BCUT2D eigenvalue weighted by Gasteiger charge is -2.32. The van der Waals surface area contributed by atoms with Crippen molar-refractivity contribution in [3.8, 4) is 17.2 Å². The van der Waals surface area contributed by atoms with Crippen molar-refractivity contribution < 1.29 is 22.6 Å². The first-order valence-corrected chi connectivity index (χ1v) is 11.3. The molecule has 0 radical (unpaired) electrons. The van der Waals surface area contributed by atoms with Crippen LogP contribution in [0.15, 0.2) is 71.6 Å². The van der Waals surface area contributed by atoms with Gasteiger partial charge in [0.25, 0.3) is 10.0 Å². The second-order valence-corrected chi connectivity index (χ2v) is 8.99. The van der Waals surface area contributed by atoms with Crippen LogP contribution in [0.4, 0.5) is 5.69 Å². The highest BCUT2D eigenvalue weighted by Crippen LogP contribution is 2.39. The minimum atomic E-state index is -3.95. The minimum absolute atomic E-state index is 0.136. The maximum atomic E-state index is 13.8. The van der Waals surface area contributed by atoms with Crippen LogP contribution in [0.3, 0.4) is 0 Å². The van der Waals surface area contributed by atoms with Crippen molar-refractivity contribution in [2.24, 2.45) is 0 Å². The minimum Gasteiger partial charge on any atom is -0.497 e. The summed E-state index contributed by atoms with van der Waals surface area (Å²) in [5.74, 6) is 1.72. The van der Waals surface area contributed by atoms with Gasteiger partial charge < -0.3 is 14.2 Å². The Morgan fingerprint density at radius 1 is 0.806 bits per heavy atom. The predicted octanol–water partition coefficient (Wildman–Crippen LogP) is 5.32. The molecule has 0 aliphatic heterocycles. The number of hydrogen-bond donors (Lipinski definition) is 0. The van der Waals surface area contributed by atoms with E-state index >= 15 is 0 Å². The third-order valence-corrected chi connectivity index (χ3v) is 7.10. The molecule has 8 heteroatoms. The van der Waals surface area contributed by atoms with Crippen molar-refractivity contribution in [2.75, 3.05) is 25.6 Å². The van der Waals surface area contributed by atoms with E-state index in [1.54, 1.807) is 75.7 Å². The Bertz CT molecular complexity index is 1130. The number of nitrogens with zero attached hydrogens (tertiary/aromatic N) is 1. The molecule has 0 fully saturated rings. The highest BCUT2D eigenvalue weighted by Gasteiger charge is 2.32. The number of methoxy groups -OCH3 is 3. The van der Waals surface area contributed by atoms with Crippen molar-refractivity contribution >= 4 is 27.3 Å². The number of ether oxygens (including phenoxy) is 3. The van der Waals surface area contributed by atoms with E-state index in [1.165, 1.54) is 23.5 Å². The maximum Gasteiger partial charge on any atom is 0.264 e. The third-order valence-electron chi connectivity index (χ3n) is 4.94. The van der Waals surface area contributed by atoms with Crippen LogP contribution in [-0.2, 0) is 10.0 Å². The average molecular weight is 462 g/mol. The zero-order valence-electron chi connectivity index (χ0n) is 17.7. The number of benzene rings is 3. The highest BCUT2D eigenvalue weighted by atomic mass is 35.5. The van der Waals surface area contributed by atoms with Crippen LogP contribution >= 0.6 is 11.6 Å². The van der Waals surface area contributed by atoms with Crippen molar-refractivity contribution in [1.82, 2.24) is 0 Å². The van der Waals surface area contributed by atoms with Crippen LogP contribution in [-0.4, -0.2) is 29.7 Å². The van der Waals surface area contributed by atoms with Crippen LogP contribution in [0.5, 0.6) is 17.2 Å². The van der Waals surface area contributed by atoms with Gasteiger partial charge in [-0.25, -0.2) is 8.42 Å². The van der Waals surface area contributed by atoms with Crippen LogP contribution in [0.1, 0.15) is 18.5 Å². The number of hydrogen-bond acceptors (Lipinski definition) is 5. The second kappa shape index (κ2) is 9.49. The Morgan fingerprint density at radius 2 is 1.39 bits per heavy atom. The molecule has 0 bridgehead atoms. The van der Waals surface area contributed by atoms with Gasteiger partial charge in [-0.15, -0.1) is 0 Å². The number of sulfonamides is 1. The Kier molecular flexibility index (Phi) is 6.97. The van der Waals surface area contributed by atoms with Gasteiger partial charge in [-0.05, 0) is 73.7 Å². The molecule has 0 aliphatic carbocycles. The van der Waals surface area contributed by atoms with Gasteiger partial charge in [0.05, 0.1) is 38.0 Å². The monoisotopic (exact) mass is 461 g/mol. The zero-order chi connectivity index (χ0) is 22.6. The number of anilines is 1. The van der Waals surface area contributed by atoms with Gasteiger partial charge in [0.2, 0.25) is 0 Å². The second-order valence-electron chi connectivity index (χ2n) is 6.74. The Morgan fingerprint density at radius 3 is 1.94 bits per heavy atom. The molecule has 3 aromatic rings. The SMILES string of the molecule is COc1ccc(S(=O)(=O)N(c2ccc(Cl)cc2)[C@@H](C)c2cc(OC)ccc2OC)cc1. The van der Waals surface area contributed by atoms with Gasteiger partial charge in [-0.3, -0.25) is 4.31 Å². The van der Waals surface area contributed by atoms with Crippen LogP contribution < -0.4 is 18.5 Å². The van der Waals surface area contributed by atoms with Gasteiger partial charge in [0.15, 0.2) is 0 Å². The molecule has 31 heavy (non-hydrogen) atoms. The van der Waals surface area contributed by atoms with Crippen molar-refractivity contribution in [3.05, 3.63) is 77.3 Å². The molecule has 0 unspecified atom stereocenters. The molecule has 0 saturated carbocycles. The summed E-state index contributed by atoms with van der Waals surface area (Å²) in [5.41, 5.74) is 1.13. The molecular weight excluding hydrogens is 438 g/mol. The van der Waals surface area contributed by atoms with Gasteiger partial charge >= 0.3 is 0 Å². The van der Waals surface area contributed by atoms with Crippen molar-refractivity contribution in [3.63, 3.8) is 0 Å². The van der Waals surface area contributed by atoms with Crippen molar-refractivity contribution in [2.45, 2.75) is 17.9 Å². The molecule has 0 aliphatic rings. The molecule has 0 aromatic heterocycles. The van der Waals surface area contributed by atoms with E-state index in [2.05, 4.69) is 0 Å². The van der Waals surface area contributed by atoms with E-state index in [1.807, 2.05) is 0 Å². The molecule has 0 N–H and O–H groups in total. The number of halogens is 1. The third kappa shape index (κ3) is 4.73. The van der Waals surface area contributed by atoms with E-state index in [4.69, 9.17) is 25.8 Å².